The Bertz CT molecular complexity index is 787. The Morgan fingerprint density at radius 3 is 2.57 bits per heavy atom. The van der Waals surface area contributed by atoms with E-state index in [9.17, 15) is 4.39 Å². The number of para-hydroxylation sites is 1. The molecule has 3 rings (SSSR count). The van der Waals surface area contributed by atoms with Crippen molar-refractivity contribution in [3.05, 3.63) is 45.7 Å². The monoisotopic (exact) mass is 517 g/mol. The van der Waals surface area contributed by atoms with E-state index in [1.165, 1.54) is 21.6 Å². The van der Waals surface area contributed by atoms with Gasteiger partial charge in [0.2, 0.25) is 0 Å². The molecule has 0 spiro atoms. The van der Waals surface area contributed by atoms with Gasteiger partial charge in [0.25, 0.3) is 0 Å². The molecule has 2 heterocycles. The third-order valence-corrected chi connectivity index (χ3v) is 5.95. The van der Waals surface area contributed by atoms with Crippen LogP contribution < -0.4 is 10.2 Å². The van der Waals surface area contributed by atoms with Gasteiger partial charge < -0.3 is 15.1 Å². The lowest BCUT2D eigenvalue weighted by molar-refractivity contribution is 0.371. The van der Waals surface area contributed by atoms with Gasteiger partial charge in [-0.2, -0.15) is 0 Å². The molecule has 1 aromatic heterocycles. The molecule has 28 heavy (non-hydrogen) atoms. The molecule has 0 atom stereocenters. The SMILES string of the molecule is CCc1nc(CCNC(=NC)N2CCN(c3ccccc3F)CC2)sc1C.I. The molecule has 154 valence electrons. The maximum atomic E-state index is 14.0. The number of anilines is 1. The van der Waals surface area contributed by atoms with Crippen LogP contribution in [0.15, 0.2) is 29.3 Å². The van der Waals surface area contributed by atoms with Crippen LogP contribution in [0.2, 0.25) is 0 Å². The first-order valence-corrected chi connectivity index (χ1v) is 10.3. The summed E-state index contributed by atoms with van der Waals surface area (Å²) < 4.78 is 14.0. The summed E-state index contributed by atoms with van der Waals surface area (Å²) in [6, 6.07) is 6.98. The Morgan fingerprint density at radius 2 is 1.96 bits per heavy atom. The minimum Gasteiger partial charge on any atom is -0.366 e. The number of aliphatic imine (C=N–C) groups is 1. The largest absolute Gasteiger partial charge is 0.366 e. The lowest BCUT2D eigenvalue weighted by atomic mass is 10.2. The van der Waals surface area contributed by atoms with Gasteiger partial charge in [-0.25, -0.2) is 9.37 Å². The van der Waals surface area contributed by atoms with E-state index in [1.54, 1.807) is 17.4 Å². The van der Waals surface area contributed by atoms with Crippen molar-refractivity contribution in [3.63, 3.8) is 0 Å². The summed E-state index contributed by atoms with van der Waals surface area (Å²) in [6.07, 6.45) is 1.89. The second-order valence-electron chi connectivity index (χ2n) is 6.61. The quantitative estimate of drug-likeness (QED) is 0.373. The van der Waals surface area contributed by atoms with Crippen LogP contribution in [-0.2, 0) is 12.8 Å². The van der Waals surface area contributed by atoms with E-state index in [0.29, 0.717) is 5.69 Å². The fourth-order valence-electron chi connectivity index (χ4n) is 3.40. The van der Waals surface area contributed by atoms with Gasteiger partial charge in [0.15, 0.2) is 5.96 Å². The van der Waals surface area contributed by atoms with E-state index in [-0.39, 0.29) is 29.8 Å². The molecule has 1 aliphatic rings. The summed E-state index contributed by atoms with van der Waals surface area (Å²) in [6.45, 7) is 8.32. The Labute approximate surface area is 188 Å². The van der Waals surface area contributed by atoms with Crippen molar-refractivity contribution >= 4 is 47.0 Å². The number of hydrogen-bond acceptors (Lipinski definition) is 4. The summed E-state index contributed by atoms with van der Waals surface area (Å²) in [5.41, 5.74) is 1.90. The van der Waals surface area contributed by atoms with Crippen LogP contribution >= 0.6 is 35.3 Å². The summed E-state index contributed by atoms with van der Waals surface area (Å²) in [4.78, 5) is 14.8. The third-order valence-electron chi connectivity index (χ3n) is 4.88. The molecule has 0 amide bonds. The molecule has 8 heteroatoms. The topological polar surface area (TPSA) is 43.8 Å². The molecular weight excluding hydrogens is 488 g/mol. The van der Waals surface area contributed by atoms with E-state index in [0.717, 1.165) is 51.5 Å². The predicted octanol–water partition coefficient (Wildman–Crippen LogP) is 3.71. The van der Waals surface area contributed by atoms with Crippen LogP contribution in [0.1, 0.15) is 22.5 Å². The van der Waals surface area contributed by atoms with Gasteiger partial charge in [0.1, 0.15) is 5.82 Å². The van der Waals surface area contributed by atoms with Gasteiger partial charge in [-0.1, -0.05) is 19.1 Å². The highest BCUT2D eigenvalue weighted by atomic mass is 127. The van der Waals surface area contributed by atoms with Crippen molar-refractivity contribution in [2.75, 3.05) is 44.7 Å². The first-order valence-electron chi connectivity index (χ1n) is 9.52. The normalized spacial score (nSPS) is 14.8. The standard InChI is InChI=1S/C20H28FN5S.HI/c1-4-17-15(2)27-19(24-17)9-10-23-20(22-3)26-13-11-25(12-14-26)18-8-6-5-7-16(18)21;/h5-8H,4,9-14H2,1-3H3,(H,22,23);1H. The van der Waals surface area contributed by atoms with Crippen molar-refractivity contribution in [1.82, 2.24) is 15.2 Å². The molecule has 1 fully saturated rings. The van der Waals surface area contributed by atoms with E-state index in [2.05, 4.69) is 34.0 Å². The van der Waals surface area contributed by atoms with Crippen molar-refractivity contribution in [1.29, 1.82) is 0 Å². The Morgan fingerprint density at radius 1 is 1.25 bits per heavy atom. The highest BCUT2D eigenvalue weighted by Gasteiger charge is 2.21. The number of nitrogens with one attached hydrogen (secondary N) is 1. The highest BCUT2D eigenvalue weighted by molar-refractivity contribution is 14.0. The van der Waals surface area contributed by atoms with E-state index in [4.69, 9.17) is 4.98 Å². The highest BCUT2D eigenvalue weighted by Crippen LogP contribution is 2.20. The minimum absolute atomic E-state index is 0. The number of thiazole rings is 1. The molecule has 1 aromatic carbocycles. The van der Waals surface area contributed by atoms with Crippen LogP contribution in [0.4, 0.5) is 10.1 Å². The molecule has 1 saturated heterocycles. The summed E-state index contributed by atoms with van der Waals surface area (Å²) >= 11 is 1.79. The zero-order valence-corrected chi connectivity index (χ0v) is 19.9. The molecule has 0 bridgehead atoms. The fourth-order valence-corrected chi connectivity index (χ4v) is 4.42. The van der Waals surface area contributed by atoms with Gasteiger partial charge in [-0.05, 0) is 25.5 Å². The van der Waals surface area contributed by atoms with Gasteiger partial charge in [-0.3, -0.25) is 4.99 Å². The predicted molar refractivity (Wildman–Crippen MR) is 127 cm³/mol. The maximum absolute atomic E-state index is 14.0. The molecule has 0 aliphatic carbocycles. The first-order chi connectivity index (χ1) is 13.1. The second-order valence-corrected chi connectivity index (χ2v) is 7.90. The summed E-state index contributed by atoms with van der Waals surface area (Å²) in [7, 11) is 1.81. The zero-order valence-electron chi connectivity index (χ0n) is 16.7. The molecule has 0 unspecified atom stereocenters. The molecule has 0 saturated carbocycles. The third kappa shape index (κ3) is 5.56. The number of hydrogen-bond donors (Lipinski definition) is 1. The lowest BCUT2D eigenvalue weighted by Crippen LogP contribution is -2.53. The van der Waals surface area contributed by atoms with Crippen LogP contribution in [0, 0.1) is 12.7 Å². The number of benzene rings is 1. The lowest BCUT2D eigenvalue weighted by Gasteiger charge is -2.37. The summed E-state index contributed by atoms with van der Waals surface area (Å²) in [5.74, 6) is 0.755. The number of guanidine groups is 1. The van der Waals surface area contributed by atoms with Gasteiger partial charge in [0.05, 0.1) is 16.4 Å². The molecular formula is C20H29FIN5S. The molecule has 5 nitrogen and oxygen atoms in total. The Hall–Kier alpha value is -1.42. The maximum Gasteiger partial charge on any atom is 0.193 e. The van der Waals surface area contributed by atoms with Gasteiger partial charge in [0, 0.05) is 51.1 Å². The number of nitrogens with zero attached hydrogens (tertiary/aromatic N) is 4. The minimum atomic E-state index is -0.154. The average molecular weight is 517 g/mol. The average Bonchev–Trinajstić information content (AvgIpc) is 3.05. The van der Waals surface area contributed by atoms with Gasteiger partial charge >= 0.3 is 0 Å². The van der Waals surface area contributed by atoms with Crippen molar-refractivity contribution in [2.45, 2.75) is 26.7 Å². The van der Waals surface area contributed by atoms with E-state index >= 15 is 0 Å². The number of aryl methyl sites for hydroxylation is 2. The number of rotatable bonds is 5. The zero-order chi connectivity index (χ0) is 19.2. The number of halogens is 2. The Balaban J connectivity index is 0.00000280. The Kier molecular flexibility index (Phi) is 8.94. The van der Waals surface area contributed by atoms with Crippen LogP contribution in [0.3, 0.4) is 0 Å². The molecule has 1 N–H and O–H groups in total. The number of piperazine rings is 1. The molecule has 2 aromatic rings. The van der Waals surface area contributed by atoms with Crippen molar-refractivity contribution in [2.24, 2.45) is 4.99 Å². The number of aromatic nitrogens is 1. The van der Waals surface area contributed by atoms with Crippen molar-refractivity contribution in [3.8, 4) is 0 Å². The van der Waals surface area contributed by atoms with Crippen LogP contribution in [-0.4, -0.2) is 55.6 Å². The van der Waals surface area contributed by atoms with E-state index in [1.807, 2.05) is 19.2 Å². The molecule has 1 aliphatic heterocycles. The first kappa shape index (κ1) is 22.9. The molecule has 0 radical (unpaired) electrons. The van der Waals surface area contributed by atoms with E-state index < -0.39 is 0 Å². The summed E-state index contributed by atoms with van der Waals surface area (Å²) in [5, 5.41) is 4.63. The van der Waals surface area contributed by atoms with Crippen LogP contribution in [0.25, 0.3) is 0 Å². The van der Waals surface area contributed by atoms with Gasteiger partial charge in [-0.15, -0.1) is 35.3 Å². The second kappa shape index (κ2) is 10.9. The fraction of sp³-hybridized carbons (Fsp3) is 0.500. The van der Waals surface area contributed by atoms with Crippen LogP contribution in [0.5, 0.6) is 0 Å². The smallest absolute Gasteiger partial charge is 0.193 e. The van der Waals surface area contributed by atoms with Crippen molar-refractivity contribution < 1.29 is 4.39 Å².